The van der Waals surface area contributed by atoms with Gasteiger partial charge in [-0.25, -0.2) is 0 Å². The van der Waals surface area contributed by atoms with Crippen LogP contribution in [0.5, 0.6) is 5.75 Å². The van der Waals surface area contributed by atoms with Crippen LogP contribution >= 0.6 is 34.5 Å². The van der Waals surface area contributed by atoms with Gasteiger partial charge in [0.2, 0.25) is 4.96 Å². The Morgan fingerprint density at radius 3 is 2.73 bits per heavy atom. The fourth-order valence-electron chi connectivity index (χ4n) is 3.23. The molecule has 5 rings (SSSR count). The summed E-state index contributed by atoms with van der Waals surface area (Å²) in [7, 11) is 0. The first-order chi connectivity index (χ1) is 15.9. The fraction of sp³-hybridized carbons (Fsp3) is 0.0435. The van der Waals surface area contributed by atoms with E-state index in [4.69, 9.17) is 32.4 Å². The lowest BCUT2D eigenvalue weighted by Gasteiger charge is -2.04. The van der Waals surface area contributed by atoms with Crippen molar-refractivity contribution in [3.05, 3.63) is 85.3 Å². The number of ether oxygens (including phenoxy) is 1. The van der Waals surface area contributed by atoms with Crippen molar-refractivity contribution in [1.82, 2.24) is 14.6 Å². The van der Waals surface area contributed by atoms with Gasteiger partial charge in [0, 0.05) is 23.6 Å². The number of thiazole rings is 1. The number of rotatable bonds is 4. The third-order valence-electron chi connectivity index (χ3n) is 4.66. The molecule has 0 aliphatic heterocycles. The molecule has 0 unspecified atom stereocenters. The van der Waals surface area contributed by atoms with Crippen molar-refractivity contribution in [1.29, 1.82) is 0 Å². The van der Waals surface area contributed by atoms with E-state index < -0.39 is 5.97 Å². The van der Waals surface area contributed by atoms with E-state index >= 15 is 0 Å². The Bertz CT molecular complexity index is 1640. The minimum atomic E-state index is -0.457. The Morgan fingerprint density at radius 2 is 1.94 bits per heavy atom. The molecule has 0 atom stereocenters. The molecule has 0 fully saturated rings. The summed E-state index contributed by atoms with van der Waals surface area (Å²) in [6, 6.07) is 15.5. The SMILES string of the molecule is CC(=O)Oc1ccccc1-c1nc2s/c(=C/c3ccc(-c4cc(Cl)ccc4Cl)o3)c(=O)n2n1. The van der Waals surface area contributed by atoms with Crippen molar-refractivity contribution < 1.29 is 13.9 Å². The highest BCUT2D eigenvalue weighted by Crippen LogP contribution is 2.32. The van der Waals surface area contributed by atoms with E-state index in [1.165, 1.54) is 22.8 Å². The molecular weight excluding hydrogens is 485 g/mol. The summed E-state index contributed by atoms with van der Waals surface area (Å²) in [5, 5.41) is 5.36. The van der Waals surface area contributed by atoms with E-state index in [1.807, 2.05) is 0 Å². The van der Waals surface area contributed by atoms with Crippen molar-refractivity contribution >= 4 is 51.5 Å². The van der Waals surface area contributed by atoms with Crippen LogP contribution < -0.4 is 14.8 Å². The Morgan fingerprint density at radius 1 is 1.12 bits per heavy atom. The van der Waals surface area contributed by atoms with E-state index in [-0.39, 0.29) is 11.4 Å². The highest BCUT2D eigenvalue weighted by Gasteiger charge is 2.16. The lowest BCUT2D eigenvalue weighted by Crippen LogP contribution is -2.23. The van der Waals surface area contributed by atoms with Gasteiger partial charge >= 0.3 is 5.97 Å². The maximum absolute atomic E-state index is 12.9. The predicted molar refractivity (Wildman–Crippen MR) is 127 cm³/mol. The molecule has 0 amide bonds. The van der Waals surface area contributed by atoms with E-state index in [2.05, 4.69) is 10.1 Å². The molecule has 0 spiro atoms. The number of hydrogen-bond acceptors (Lipinski definition) is 7. The minimum Gasteiger partial charge on any atom is -0.457 e. The largest absolute Gasteiger partial charge is 0.457 e. The molecule has 0 bridgehead atoms. The molecule has 3 aromatic heterocycles. The first-order valence-electron chi connectivity index (χ1n) is 9.63. The zero-order valence-corrected chi connectivity index (χ0v) is 19.2. The zero-order chi connectivity index (χ0) is 23.1. The number of halogens is 2. The highest BCUT2D eigenvalue weighted by molar-refractivity contribution is 7.15. The quantitative estimate of drug-likeness (QED) is 0.260. The molecule has 3 heterocycles. The van der Waals surface area contributed by atoms with Crippen LogP contribution in [0.2, 0.25) is 10.0 Å². The number of aromatic nitrogens is 3. The molecule has 7 nitrogen and oxygen atoms in total. The number of fused-ring (bicyclic) bond motifs is 1. The Kier molecular flexibility index (Phi) is 5.49. The average Bonchev–Trinajstić information content (AvgIpc) is 3.48. The summed E-state index contributed by atoms with van der Waals surface area (Å²) in [5.74, 6) is 1.16. The Hall–Kier alpha value is -3.46. The third kappa shape index (κ3) is 4.16. The molecule has 0 radical (unpaired) electrons. The van der Waals surface area contributed by atoms with Crippen LogP contribution in [-0.2, 0) is 4.79 Å². The standard InChI is InChI=1S/C23H13Cl2N3O4S/c1-12(29)31-18-5-3-2-4-15(18)21-26-23-28(27-21)22(30)20(33-23)11-14-7-9-19(32-14)16-10-13(24)6-8-17(16)25/h2-11H,1H3/b20-11+. The van der Waals surface area contributed by atoms with Crippen molar-refractivity contribution in [2.45, 2.75) is 6.92 Å². The summed E-state index contributed by atoms with van der Waals surface area (Å²) in [4.78, 5) is 29.1. The van der Waals surface area contributed by atoms with Gasteiger partial charge in [-0.05, 0) is 42.5 Å². The van der Waals surface area contributed by atoms with E-state index in [1.54, 1.807) is 60.7 Å². The lowest BCUT2D eigenvalue weighted by molar-refractivity contribution is -0.131. The number of carbonyl (C=O) groups is 1. The Labute approximate surface area is 200 Å². The first kappa shape index (κ1) is 21.4. The lowest BCUT2D eigenvalue weighted by atomic mass is 10.2. The van der Waals surface area contributed by atoms with Crippen LogP contribution in [0.4, 0.5) is 0 Å². The van der Waals surface area contributed by atoms with Gasteiger partial charge < -0.3 is 9.15 Å². The molecule has 0 saturated heterocycles. The van der Waals surface area contributed by atoms with E-state index in [0.29, 0.717) is 47.9 Å². The van der Waals surface area contributed by atoms with Crippen molar-refractivity contribution in [2.75, 3.05) is 0 Å². The van der Waals surface area contributed by atoms with Crippen LogP contribution in [-0.4, -0.2) is 20.6 Å². The molecule has 0 aliphatic rings. The number of para-hydroxylation sites is 1. The topological polar surface area (TPSA) is 86.7 Å². The van der Waals surface area contributed by atoms with Gasteiger partial charge in [0.1, 0.15) is 21.8 Å². The molecule has 164 valence electrons. The van der Waals surface area contributed by atoms with Crippen molar-refractivity contribution in [2.24, 2.45) is 0 Å². The maximum Gasteiger partial charge on any atom is 0.308 e. The molecule has 2 aromatic carbocycles. The van der Waals surface area contributed by atoms with Crippen LogP contribution in [0.15, 0.2) is 63.8 Å². The molecule has 5 aromatic rings. The van der Waals surface area contributed by atoms with Crippen molar-refractivity contribution in [3.63, 3.8) is 0 Å². The second kappa shape index (κ2) is 8.47. The molecule has 10 heteroatoms. The van der Waals surface area contributed by atoms with Crippen LogP contribution in [0.25, 0.3) is 33.7 Å². The number of carbonyl (C=O) groups excluding carboxylic acids is 1. The van der Waals surface area contributed by atoms with Gasteiger partial charge in [-0.1, -0.05) is 46.7 Å². The minimum absolute atomic E-state index is 0.289. The molecule has 0 saturated carbocycles. The van der Waals surface area contributed by atoms with Gasteiger partial charge in [0.25, 0.3) is 5.56 Å². The van der Waals surface area contributed by atoms with Crippen LogP contribution in [0.1, 0.15) is 12.7 Å². The third-order valence-corrected chi connectivity index (χ3v) is 6.18. The monoisotopic (exact) mass is 497 g/mol. The summed E-state index contributed by atoms with van der Waals surface area (Å²) in [6.07, 6.45) is 1.62. The van der Waals surface area contributed by atoms with Crippen molar-refractivity contribution in [3.8, 4) is 28.5 Å². The van der Waals surface area contributed by atoms with Crippen LogP contribution in [0.3, 0.4) is 0 Å². The van der Waals surface area contributed by atoms with Gasteiger partial charge in [0.05, 0.1) is 10.6 Å². The molecular formula is C23H13Cl2N3O4S. The molecule has 0 N–H and O–H groups in total. The van der Waals surface area contributed by atoms with Gasteiger partial charge in [0.15, 0.2) is 5.82 Å². The summed E-state index contributed by atoms with van der Waals surface area (Å²) < 4.78 is 12.7. The van der Waals surface area contributed by atoms with E-state index in [0.717, 1.165) is 0 Å². The number of esters is 1. The second-order valence-corrected chi connectivity index (χ2v) is 8.81. The Balaban J connectivity index is 1.52. The van der Waals surface area contributed by atoms with Gasteiger partial charge in [-0.3, -0.25) is 9.59 Å². The normalized spacial score (nSPS) is 11.9. The summed E-state index contributed by atoms with van der Waals surface area (Å²) in [5.41, 5.74) is 0.838. The smallest absolute Gasteiger partial charge is 0.308 e. The second-order valence-electron chi connectivity index (χ2n) is 6.96. The van der Waals surface area contributed by atoms with Gasteiger partial charge in [-0.2, -0.15) is 9.50 Å². The fourth-order valence-corrected chi connectivity index (χ4v) is 4.50. The first-order valence-corrected chi connectivity index (χ1v) is 11.2. The zero-order valence-electron chi connectivity index (χ0n) is 16.9. The number of hydrogen-bond donors (Lipinski definition) is 0. The maximum atomic E-state index is 12.9. The average molecular weight is 498 g/mol. The summed E-state index contributed by atoms with van der Waals surface area (Å²) in [6.45, 7) is 1.31. The highest BCUT2D eigenvalue weighted by atomic mass is 35.5. The number of furan rings is 1. The van der Waals surface area contributed by atoms with Crippen LogP contribution in [0, 0.1) is 0 Å². The number of benzene rings is 2. The molecule has 0 aliphatic carbocycles. The number of nitrogens with zero attached hydrogens (tertiary/aromatic N) is 3. The molecule has 33 heavy (non-hydrogen) atoms. The van der Waals surface area contributed by atoms with E-state index in [9.17, 15) is 9.59 Å². The summed E-state index contributed by atoms with van der Waals surface area (Å²) >= 11 is 13.5. The van der Waals surface area contributed by atoms with Gasteiger partial charge in [-0.15, -0.1) is 5.10 Å². The predicted octanol–water partition coefficient (Wildman–Crippen LogP) is 4.86.